The maximum Gasteiger partial charge on any atom is 0.284 e. The third-order valence-electron chi connectivity index (χ3n) is 3.94. The predicted octanol–water partition coefficient (Wildman–Crippen LogP) is 3.23. The molecule has 25 heavy (non-hydrogen) atoms. The molecule has 1 saturated heterocycles. The minimum absolute atomic E-state index is 0.195. The van der Waals surface area contributed by atoms with Crippen LogP contribution < -0.4 is 0 Å². The summed E-state index contributed by atoms with van der Waals surface area (Å²) in [5, 5.41) is 0. The minimum atomic E-state index is -3.79. The normalized spacial score (nSPS) is 16.1. The van der Waals surface area contributed by atoms with Gasteiger partial charge in [0.15, 0.2) is 0 Å². The average Bonchev–Trinajstić information content (AvgIpc) is 2.62. The van der Waals surface area contributed by atoms with E-state index in [0.29, 0.717) is 32.1 Å². The molecule has 0 unspecified atom stereocenters. The number of hydrogen-bond acceptors (Lipinski definition) is 3. The monoisotopic (exact) mass is 422 g/mol. The van der Waals surface area contributed by atoms with Crippen molar-refractivity contribution in [1.29, 1.82) is 0 Å². The Morgan fingerprint density at radius 2 is 1.64 bits per heavy atom. The second-order valence-corrected chi connectivity index (χ2v) is 8.33. The highest BCUT2D eigenvalue weighted by Crippen LogP contribution is 2.18. The molecule has 7 heteroatoms. The molecule has 3 rings (SSSR count). The Bertz CT molecular complexity index is 856. The Balaban J connectivity index is 2.04. The Morgan fingerprint density at radius 3 is 2.24 bits per heavy atom. The molecule has 2 aromatic carbocycles. The molecule has 1 aliphatic heterocycles. The van der Waals surface area contributed by atoms with Crippen LogP contribution in [0, 0.1) is 6.92 Å². The van der Waals surface area contributed by atoms with Gasteiger partial charge in [0.1, 0.15) is 5.84 Å². The van der Waals surface area contributed by atoms with E-state index in [1.54, 1.807) is 24.3 Å². The van der Waals surface area contributed by atoms with Gasteiger partial charge < -0.3 is 9.64 Å². The SMILES string of the molecule is Cc1ccc(S(=O)(=O)/N=C(\c2ccc(Br)cc2)N2CCOCC2)cc1. The van der Waals surface area contributed by atoms with E-state index in [0.717, 1.165) is 15.6 Å². The minimum Gasteiger partial charge on any atom is -0.378 e. The molecule has 0 atom stereocenters. The van der Waals surface area contributed by atoms with Crippen molar-refractivity contribution in [3.05, 3.63) is 64.1 Å². The number of ether oxygens (including phenoxy) is 1. The molecule has 132 valence electrons. The summed E-state index contributed by atoms with van der Waals surface area (Å²) in [4.78, 5) is 2.15. The summed E-state index contributed by atoms with van der Waals surface area (Å²) in [5.74, 6) is 0.455. The van der Waals surface area contributed by atoms with E-state index in [2.05, 4.69) is 20.3 Å². The molecule has 0 aromatic heterocycles. The first-order chi connectivity index (χ1) is 12.0. The van der Waals surface area contributed by atoms with Crippen LogP contribution in [0.1, 0.15) is 11.1 Å². The molecule has 1 heterocycles. The first-order valence-corrected chi connectivity index (χ1v) is 10.2. The third-order valence-corrected chi connectivity index (χ3v) is 5.75. The quantitative estimate of drug-likeness (QED) is 0.562. The fraction of sp³-hybridized carbons (Fsp3) is 0.278. The van der Waals surface area contributed by atoms with E-state index in [9.17, 15) is 8.42 Å². The van der Waals surface area contributed by atoms with Crippen LogP contribution in [0.2, 0.25) is 0 Å². The lowest BCUT2D eigenvalue weighted by Gasteiger charge is -2.29. The first-order valence-electron chi connectivity index (χ1n) is 7.96. The molecular weight excluding hydrogens is 404 g/mol. The summed E-state index contributed by atoms with van der Waals surface area (Å²) in [6.07, 6.45) is 0. The van der Waals surface area contributed by atoms with Gasteiger partial charge in [-0.05, 0) is 31.2 Å². The van der Waals surface area contributed by atoms with E-state index in [1.807, 2.05) is 36.1 Å². The van der Waals surface area contributed by atoms with Crippen molar-refractivity contribution < 1.29 is 13.2 Å². The molecular formula is C18H19BrN2O3S. The summed E-state index contributed by atoms with van der Waals surface area (Å²) < 4.78 is 36.0. The summed E-state index contributed by atoms with van der Waals surface area (Å²) in [5.41, 5.74) is 1.77. The van der Waals surface area contributed by atoms with Crippen LogP contribution in [-0.4, -0.2) is 45.5 Å². The standard InChI is InChI=1S/C18H19BrN2O3S/c1-14-2-8-17(9-3-14)25(22,23)20-18(21-10-12-24-13-11-21)15-4-6-16(19)7-5-15/h2-9H,10-13H2,1H3/b20-18+. The van der Waals surface area contributed by atoms with Crippen LogP contribution >= 0.6 is 15.9 Å². The fourth-order valence-electron chi connectivity index (χ4n) is 2.54. The van der Waals surface area contributed by atoms with Crippen molar-refractivity contribution in [1.82, 2.24) is 4.90 Å². The molecule has 0 saturated carbocycles. The largest absolute Gasteiger partial charge is 0.378 e. The molecule has 1 aliphatic rings. The number of benzene rings is 2. The van der Waals surface area contributed by atoms with Gasteiger partial charge in [-0.1, -0.05) is 45.8 Å². The zero-order chi connectivity index (χ0) is 17.9. The van der Waals surface area contributed by atoms with Gasteiger partial charge in [-0.15, -0.1) is 4.40 Å². The van der Waals surface area contributed by atoms with Crippen molar-refractivity contribution >= 4 is 31.8 Å². The molecule has 0 bridgehead atoms. The number of rotatable bonds is 3. The van der Waals surface area contributed by atoms with Crippen LogP contribution in [0.25, 0.3) is 0 Å². The van der Waals surface area contributed by atoms with E-state index < -0.39 is 10.0 Å². The highest BCUT2D eigenvalue weighted by Gasteiger charge is 2.21. The lowest BCUT2D eigenvalue weighted by Crippen LogP contribution is -2.41. The Labute approximate surface area is 156 Å². The van der Waals surface area contributed by atoms with Gasteiger partial charge in [0.05, 0.1) is 18.1 Å². The zero-order valence-corrected chi connectivity index (χ0v) is 16.3. The van der Waals surface area contributed by atoms with Crippen molar-refractivity contribution in [2.75, 3.05) is 26.3 Å². The van der Waals surface area contributed by atoms with Crippen molar-refractivity contribution in [3.8, 4) is 0 Å². The number of sulfonamides is 1. The van der Waals surface area contributed by atoms with Crippen LogP contribution in [0.3, 0.4) is 0 Å². The highest BCUT2D eigenvalue weighted by molar-refractivity contribution is 9.10. The summed E-state index contributed by atoms with van der Waals surface area (Å²) in [7, 11) is -3.79. The molecule has 0 N–H and O–H groups in total. The van der Waals surface area contributed by atoms with Gasteiger partial charge in [0.25, 0.3) is 10.0 Å². The zero-order valence-electron chi connectivity index (χ0n) is 13.9. The molecule has 2 aromatic rings. The van der Waals surface area contributed by atoms with Crippen LogP contribution in [0.5, 0.6) is 0 Å². The number of aryl methyl sites for hydroxylation is 1. The first kappa shape index (κ1) is 18.1. The third kappa shape index (κ3) is 4.48. The van der Waals surface area contributed by atoms with E-state index in [4.69, 9.17) is 4.74 Å². The van der Waals surface area contributed by atoms with Crippen LogP contribution in [0.15, 0.2) is 62.3 Å². The maximum atomic E-state index is 12.8. The fourth-order valence-corrected chi connectivity index (χ4v) is 3.84. The smallest absolute Gasteiger partial charge is 0.284 e. The summed E-state index contributed by atoms with van der Waals surface area (Å²) in [6, 6.07) is 14.2. The Morgan fingerprint density at radius 1 is 1.04 bits per heavy atom. The second kappa shape index (κ2) is 7.68. The molecule has 1 fully saturated rings. The van der Waals surface area contributed by atoms with Crippen molar-refractivity contribution in [2.24, 2.45) is 4.40 Å². The molecule has 0 radical (unpaired) electrons. The summed E-state index contributed by atoms with van der Waals surface area (Å²) in [6.45, 7) is 4.25. The number of halogens is 1. The van der Waals surface area contributed by atoms with Gasteiger partial charge >= 0.3 is 0 Å². The lowest BCUT2D eigenvalue weighted by atomic mass is 10.2. The van der Waals surface area contributed by atoms with Gasteiger partial charge in [-0.3, -0.25) is 0 Å². The maximum absolute atomic E-state index is 12.8. The lowest BCUT2D eigenvalue weighted by molar-refractivity contribution is 0.0683. The second-order valence-electron chi connectivity index (χ2n) is 5.81. The van der Waals surface area contributed by atoms with Crippen molar-refractivity contribution in [3.63, 3.8) is 0 Å². The Kier molecular flexibility index (Phi) is 5.56. The van der Waals surface area contributed by atoms with E-state index in [1.165, 1.54) is 0 Å². The molecule has 0 amide bonds. The van der Waals surface area contributed by atoms with E-state index >= 15 is 0 Å². The number of hydrogen-bond donors (Lipinski definition) is 0. The number of nitrogens with zero attached hydrogens (tertiary/aromatic N) is 2. The van der Waals surface area contributed by atoms with Crippen LogP contribution in [-0.2, 0) is 14.8 Å². The van der Waals surface area contributed by atoms with Gasteiger partial charge in [-0.25, -0.2) is 0 Å². The topological polar surface area (TPSA) is 59.0 Å². The number of morpholine rings is 1. The highest BCUT2D eigenvalue weighted by atomic mass is 79.9. The van der Waals surface area contributed by atoms with Crippen molar-refractivity contribution in [2.45, 2.75) is 11.8 Å². The van der Waals surface area contributed by atoms with Gasteiger partial charge in [0.2, 0.25) is 0 Å². The Hall–Kier alpha value is -1.70. The molecule has 0 aliphatic carbocycles. The van der Waals surface area contributed by atoms with E-state index in [-0.39, 0.29) is 4.90 Å². The number of amidine groups is 1. The summed E-state index contributed by atoms with van der Waals surface area (Å²) >= 11 is 3.40. The predicted molar refractivity (Wildman–Crippen MR) is 101 cm³/mol. The van der Waals surface area contributed by atoms with Crippen LogP contribution in [0.4, 0.5) is 0 Å². The molecule has 0 spiro atoms. The van der Waals surface area contributed by atoms with Gasteiger partial charge in [-0.2, -0.15) is 8.42 Å². The van der Waals surface area contributed by atoms with Gasteiger partial charge in [0, 0.05) is 23.1 Å². The average molecular weight is 423 g/mol. The molecule has 5 nitrogen and oxygen atoms in total.